The Morgan fingerprint density at radius 3 is 2.87 bits per heavy atom. The largest absolute Gasteiger partial charge is 0.505 e. The molecule has 0 aromatic carbocycles. The minimum Gasteiger partial charge on any atom is -0.505 e. The molecule has 126 valence electrons. The number of aromatic nitrogens is 1. The van der Waals surface area contributed by atoms with Crippen LogP contribution in [0.15, 0.2) is 11.2 Å². The third-order valence-electron chi connectivity index (χ3n) is 3.82. The number of carboxylic acids is 1. The van der Waals surface area contributed by atoms with Crippen molar-refractivity contribution in [1.82, 2.24) is 4.98 Å². The highest BCUT2D eigenvalue weighted by atomic mass is 19.3. The Bertz CT molecular complexity index is 636. The highest BCUT2D eigenvalue weighted by molar-refractivity contribution is 5.86. The van der Waals surface area contributed by atoms with E-state index in [1.54, 1.807) is 6.92 Å². The second-order valence-corrected chi connectivity index (χ2v) is 5.43. The molecule has 1 saturated carbocycles. The van der Waals surface area contributed by atoms with Crippen molar-refractivity contribution in [2.24, 2.45) is 10.9 Å². The monoisotopic (exact) mass is 330 g/mol. The maximum Gasteiger partial charge on any atom is 0.312 e. The molecule has 0 spiro atoms. The Morgan fingerprint density at radius 1 is 1.61 bits per heavy atom. The number of hydrogen-bond acceptors (Lipinski definition) is 6. The number of halogens is 2. The Morgan fingerprint density at radius 2 is 2.30 bits per heavy atom. The van der Waals surface area contributed by atoms with Gasteiger partial charge in [0.15, 0.2) is 0 Å². The SMILES string of the molecule is Cc1ncc(COO)c(C=N[C@H]2C[C@@H](C(=O)O)C(F)(F)C2)c1O. The highest BCUT2D eigenvalue weighted by Gasteiger charge is 2.52. The number of aliphatic carboxylic acids is 1. The lowest BCUT2D eigenvalue weighted by molar-refractivity contribution is -0.253. The molecular weight excluding hydrogens is 314 g/mol. The van der Waals surface area contributed by atoms with Gasteiger partial charge < -0.3 is 10.2 Å². The molecule has 1 aliphatic carbocycles. The van der Waals surface area contributed by atoms with Gasteiger partial charge in [-0.15, -0.1) is 0 Å². The van der Waals surface area contributed by atoms with Gasteiger partial charge in [0.05, 0.1) is 11.7 Å². The van der Waals surface area contributed by atoms with Gasteiger partial charge in [0, 0.05) is 30.0 Å². The van der Waals surface area contributed by atoms with Gasteiger partial charge in [-0.1, -0.05) is 0 Å². The van der Waals surface area contributed by atoms with Crippen LogP contribution in [0, 0.1) is 12.8 Å². The molecule has 0 aliphatic heterocycles. The number of rotatable bonds is 5. The van der Waals surface area contributed by atoms with Crippen LogP contribution in [0.4, 0.5) is 8.78 Å². The van der Waals surface area contributed by atoms with Crippen LogP contribution in [-0.2, 0) is 16.3 Å². The molecule has 3 N–H and O–H groups in total. The van der Waals surface area contributed by atoms with Gasteiger partial charge in [0.2, 0.25) is 0 Å². The summed E-state index contributed by atoms with van der Waals surface area (Å²) in [6.07, 6.45) is 1.59. The average molecular weight is 330 g/mol. The van der Waals surface area contributed by atoms with Gasteiger partial charge in [0.1, 0.15) is 18.3 Å². The summed E-state index contributed by atoms with van der Waals surface area (Å²) in [5, 5.41) is 27.3. The standard InChI is InChI=1S/C14H16F2N2O5/c1-7-12(19)10(8(4-17-7)6-23-22)5-18-9-2-11(13(20)21)14(15,16)3-9/h4-5,9,11,19,22H,2-3,6H2,1H3,(H,20,21)/t9-,11-/m0/s1. The average Bonchev–Trinajstić information content (AvgIpc) is 2.77. The summed E-state index contributed by atoms with van der Waals surface area (Å²) in [5.74, 6) is -6.84. The van der Waals surface area contributed by atoms with Crippen LogP contribution in [0.5, 0.6) is 5.75 Å². The number of aliphatic imine (C=N–C) groups is 1. The van der Waals surface area contributed by atoms with Crippen molar-refractivity contribution >= 4 is 12.2 Å². The van der Waals surface area contributed by atoms with E-state index in [0.29, 0.717) is 11.3 Å². The Kier molecular flexibility index (Phi) is 4.90. The highest BCUT2D eigenvalue weighted by Crippen LogP contribution is 2.42. The van der Waals surface area contributed by atoms with Crippen molar-refractivity contribution in [3.8, 4) is 5.75 Å². The van der Waals surface area contributed by atoms with Crippen molar-refractivity contribution in [2.75, 3.05) is 0 Å². The number of nitrogens with zero attached hydrogens (tertiary/aromatic N) is 2. The van der Waals surface area contributed by atoms with Crippen molar-refractivity contribution in [3.63, 3.8) is 0 Å². The molecule has 1 aromatic rings. The number of carbonyl (C=O) groups is 1. The first-order chi connectivity index (χ1) is 10.8. The fourth-order valence-corrected chi connectivity index (χ4v) is 2.54. The number of pyridine rings is 1. The first-order valence-electron chi connectivity index (χ1n) is 6.84. The van der Waals surface area contributed by atoms with Crippen LogP contribution in [0.1, 0.15) is 29.7 Å². The molecule has 0 saturated heterocycles. The van der Waals surface area contributed by atoms with E-state index in [-0.39, 0.29) is 24.3 Å². The van der Waals surface area contributed by atoms with Crippen LogP contribution in [-0.4, -0.2) is 44.6 Å². The molecule has 1 aliphatic rings. The smallest absolute Gasteiger partial charge is 0.312 e. The first-order valence-corrected chi connectivity index (χ1v) is 6.84. The number of hydrogen-bond donors (Lipinski definition) is 3. The predicted octanol–water partition coefficient (Wildman–Crippen LogP) is 2.00. The molecule has 23 heavy (non-hydrogen) atoms. The Hall–Kier alpha value is -2.13. The molecular formula is C14H16F2N2O5. The first kappa shape index (κ1) is 17.2. The lowest BCUT2D eigenvalue weighted by Gasteiger charge is -2.13. The molecule has 1 heterocycles. The zero-order valence-electron chi connectivity index (χ0n) is 12.2. The second kappa shape index (κ2) is 6.55. The van der Waals surface area contributed by atoms with Gasteiger partial charge in [0.25, 0.3) is 5.92 Å². The molecule has 0 radical (unpaired) electrons. The van der Waals surface area contributed by atoms with E-state index in [4.69, 9.17) is 10.4 Å². The van der Waals surface area contributed by atoms with E-state index in [1.807, 2.05) is 0 Å². The van der Waals surface area contributed by atoms with E-state index in [2.05, 4.69) is 14.9 Å². The second-order valence-electron chi connectivity index (χ2n) is 5.43. The molecule has 0 amide bonds. The molecule has 7 nitrogen and oxygen atoms in total. The quantitative estimate of drug-likeness (QED) is 0.432. The van der Waals surface area contributed by atoms with Gasteiger partial charge >= 0.3 is 5.97 Å². The zero-order valence-corrected chi connectivity index (χ0v) is 12.2. The van der Waals surface area contributed by atoms with Crippen LogP contribution in [0.3, 0.4) is 0 Å². The van der Waals surface area contributed by atoms with E-state index >= 15 is 0 Å². The zero-order chi connectivity index (χ0) is 17.2. The van der Waals surface area contributed by atoms with Crippen LogP contribution >= 0.6 is 0 Å². The lowest BCUT2D eigenvalue weighted by atomic mass is 10.1. The van der Waals surface area contributed by atoms with E-state index < -0.39 is 30.3 Å². The normalized spacial score (nSPS) is 23.5. The molecule has 1 fully saturated rings. The summed E-state index contributed by atoms with van der Waals surface area (Å²) in [5.41, 5.74) is 0.806. The molecule has 2 atom stereocenters. The van der Waals surface area contributed by atoms with Gasteiger partial charge in [-0.05, 0) is 13.3 Å². The maximum atomic E-state index is 13.6. The van der Waals surface area contributed by atoms with Gasteiger partial charge in [-0.2, -0.15) is 0 Å². The summed E-state index contributed by atoms with van der Waals surface area (Å²) in [7, 11) is 0. The fourth-order valence-electron chi connectivity index (χ4n) is 2.54. The third-order valence-corrected chi connectivity index (χ3v) is 3.82. The minimum atomic E-state index is -3.32. The summed E-state index contributed by atoms with van der Waals surface area (Å²) in [6.45, 7) is 1.28. The third kappa shape index (κ3) is 3.62. The summed E-state index contributed by atoms with van der Waals surface area (Å²) < 4.78 is 27.2. The summed E-state index contributed by atoms with van der Waals surface area (Å²) >= 11 is 0. The molecule has 0 unspecified atom stereocenters. The summed E-state index contributed by atoms with van der Waals surface area (Å²) in [4.78, 5) is 22.7. The van der Waals surface area contributed by atoms with Crippen molar-refractivity contribution in [3.05, 3.63) is 23.0 Å². The number of carboxylic acid groups (broad SMARTS) is 1. The van der Waals surface area contributed by atoms with Crippen molar-refractivity contribution < 1.29 is 33.9 Å². The van der Waals surface area contributed by atoms with Gasteiger partial charge in [-0.25, -0.2) is 13.7 Å². The van der Waals surface area contributed by atoms with E-state index in [9.17, 15) is 18.7 Å². The molecule has 1 aromatic heterocycles. The van der Waals surface area contributed by atoms with Crippen LogP contribution in [0.2, 0.25) is 0 Å². The van der Waals surface area contributed by atoms with E-state index in [1.165, 1.54) is 12.4 Å². The predicted molar refractivity (Wildman–Crippen MR) is 74.7 cm³/mol. The van der Waals surface area contributed by atoms with Crippen LogP contribution < -0.4 is 0 Å². The molecule has 2 rings (SSSR count). The van der Waals surface area contributed by atoms with Crippen LogP contribution in [0.25, 0.3) is 0 Å². The molecule has 9 heteroatoms. The molecule has 0 bridgehead atoms. The summed E-state index contributed by atoms with van der Waals surface area (Å²) in [6, 6.07) is -0.873. The number of alkyl halides is 2. The van der Waals surface area contributed by atoms with E-state index in [0.717, 1.165) is 0 Å². The Balaban J connectivity index is 2.24. The fraction of sp³-hybridized carbons (Fsp3) is 0.500. The van der Waals surface area contributed by atoms with Crippen molar-refractivity contribution in [1.29, 1.82) is 0 Å². The van der Waals surface area contributed by atoms with Gasteiger partial charge in [-0.3, -0.25) is 20.0 Å². The topological polar surface area (TPSA) is 112 Å². The maximum absolute atomic E-state index is 13.6. The Labute approximate surface area is 130 Å². The minimum absolute atomic E-state index is 0.189. The number of aromatic hydroxyl groups is 1. The lowest BCUT2D eigenvalue weighted by Crippen LogP contribution is -2.28. The number of aryl methyl sites for hydroxylation is 1. The van der Waals surface area contributed by atoms with Crippen molar-refractivity contribution in [2.45, 2.75) is 38.3 Å².